The average Bonchev–Trinajstić information content (AvgIpc) is 2.77. The first kappa shape index (κ1) is 22.3. The van der Waals surface area contributed by atoms with E-state index in [1.807, 2.05) is 75.4 Å². The predicted molar refractivity (Wildman–Crippen MR) is 133 cm³/mol. The molecule has 2 heterocycles. The van der Waals surface area contributed by atoms with Crippen LogP contribution < -0.4 is 20.3 Å². The van der Waals surface area contributed by atoms with Gasteiger partial charge in [0.15, 0.2) is 0 Å². The van der Waals surface area contributed by atoms with Crippen LogP contribution in [0.1, 0.15) is 35.2 Å². The Morgan fingerprint density at radius 1 is 1.06 bits per heavy atom. The van der Waals surface area contributed by atoms with Crippen LogP contribution in [0.4, 0.5) is 16.2 Å². The number of carbonyl (C=O) groups is 2. The summed E-state index contributed by atoms with van der Waals surface area (Å²) in [7, 11) is 0. The second-order valence-electron chi connectivity index (χ2n) is 9.18. The highest BCUT2D eigenvalue weighted by Gasteiger charge is 2.60. The van der Waals surface area contributed by atoms with E-state index >= 15 is 0 Å². The molecule has 0 aromatic heterocycles. The Morgan fingerprint density at radius 2 is 1.82 bits per heavy atom. The molecule has 0 unspecified atom stereocenters. The lowest BCUT2D eigenvalue weighted by Gasteiger charge is -2.54. The summed E-state index contributed by atoms with van der Waals surface area (Å²) in [6.07, 6.45) is 0. The number of hydrogen-bond acceptors (Lipinski definition) is 3. The number of urea groups is 1. The number of carbonyl (C=O) groups excluding carboxylic acids is 2. The van der Waals surface area contributed by atoms with E-state index in [0.717, 1.165) is 27.9 Å². The Morgan fingerprint density at radius 3 is 2.56 bits per heavy atom. The van der Waals surface area contributed by atoms with Gasteiger partial charge in [-0.25, -0.2) is 4.79 Å². The van der Waals surface area contributed by atoms with Crippen molar-refractivity contribution < 1.29 is 14.3 Å². The van der Waals surface area contributed by atoms with Crippen molar-refractivity contribution in [3.63, 3.8) is 0 Å². The lowest BCUT2D eigenvalue weighted by atomic mass is 9.78. The van der Waals surface area contributed by atoms with Gasteiger partial charge in [-0.2, -0.15) is 0 Å². The van der Waals surface area contributed by atoms with Crippen molar-refractivity contribution in [2.24, 2.45) is 5.92 Å². The van der Waals surface area contributed by atoms with Gasteiger partial charge in [0.2, 0.25) is 11.6 Å². The number of anilines is 2. The first-order valence-corrected chi connectivity index (χ1v) is 11.6. The number of benzene rings is 3. The summed E-state index contributed by atoms with van der Waals surface area (Å²) >= 11 is 6.40. The molecule has 34 heavy (non-hydrogen) atoms. The molecule has 1 saturated heterocycles. The maximum Gasteiger partial charge on any atom is 0.325 e. The standard InChI is InChI=1S/C27H26ClN3O3/c1-15-9-12-21(17(3)13-15)29-25(32)23-24-19-7-5-6-8-22(19)34-27(23,4)31(26(33)30-24)18-11-10-16(2)20(28)14-18/h5-14,23-24H,1-4H3,(H,29,32)(H,30,33)/t23-,24+,27+/m1/s1. The normalized spacial score (nSPS) is 23.0. The first-order valence-electron chi connectivity index (χ1n) is 11.2. The number of aryl methyl sites for hydroxylation is 3. The number of amides is 3. The highest BCUT2D eigenvalue weighted by Crippen LogP contribution is 2.50. The van der Waals surface area contributed by atoms with E-state index in [0.29, 0.717) is 16.5 Å². The molecule has 0 spiro atoms. The summed E-state index contributed by atoms with van der Waals surface area (Å²) in [5.74, 6) is -0.341. The van der Waals surface area contributed by atoms with Gasteiger partial charge in [-0.3, -0.25) is 9.69 Å². The van der Waals surface area contributed by atoms with Gasteiger partial charge in [0.05, 0.1) is 11.7 Å². The summed E-state index contributed by atoms with van der Waals surface area (Å²) in [6.45, 7) is 7.65. The van der Waals surface area contributed by atoms with Crippen LogP contribution in [0.25, 0.3) is 0 Å². The summed E-state index contributed by atoms with van der Waals surface area (Å²) in [5, 5.41) is 6.66. The summed E-state index contributed by atoms with van der Waals surface area (Å²) in [4.78, 5) is 28.7. The Bertz CT molecular complexity index is 1320. The Hall–Kier alpha value is -3.51. The molecule has 3 amide bonds. The van der Waals surface area contributed by atoms with E-state index in [-0.39, 0.29) is 11.9 Å². The van der Waals surface area contributed by atoms with Crippen LogP contribution in [-0.4, -0.2) is 17.7 Å². The van der Waals surface area contributed by atoms with Crippen molar-refractivity contribution in [2.75, 3.05) is 10.2 Å². The van der Waals surface area contributed by atoms with Gasteiger partial charge in [0.1, 0.15) is 11.7 Å². The van der Waals surface area contributed by atoms with Crippen molar-refractivity contribution in [3.05, 3.63) is 87.9 Å². The summed E-state index contributed by atoms with van der Waals surface area (Å²) in [6, 6.07) is 17.9. The fourth-order valence-corrected chi connectivity index (χ4v) is 5.18. The molecule has 1 fully saturated rings. The van der Waals surface area contributed by atoms with E-state index in [9.17, 15) is 9.59 Å². The molecule has 2 aliphatic heterocycles. The smallest absolute Gasteiger partial charge is 0.325 e. The molecule has 2 bridgehead atoms. The van der Waals surface area contributed by atoms with E-state index in [4.69, 9.17) is 16.3 Å². The van der Waals surface area contributed by atoms with E-state index < -0.39 is 17.7 Å². The summed E-state index contributed by atoms with van der Waals surface area (Å²) in [5.41, 5.74) is 3.74. The average molecular weight is 476 g/mol. The SMILES string of the molecule is Cc1ccc(NC(=O)[C@H]2[C@H]3NC(=O)N(c4ccc(C)c(Cl)c4)[C@@]2(C)Oc2ccccc23)c(C)c1. The van der Waals surface area contributed by atoms with Gasteiger partial charge in [-0.1, -0.05) is 53.6 Å². The molecule has 0 saturated carbocycles. The molecule has 2 aliphatic rings. The number of rotatable bonds is 3. The van der Waals surface area contributed by atoms with Gasteiger partial charge in [-0.15, -0.1) is 0 Å². The Kier molecular flexibility index (Phi) is 5.29. The van der Waals surface area contributed by atoms with Gasteiger partial charge < -0.3 is 15.4 Å². The fraction of sp³-hybridized carbons (Fsp3) is 0.259. The minimum atomic E-state index is -1.29. The molecule has 5 rings (SSSR count). The van der Waals surface area contributed by atoms with E-state index in [1.165, 1.54) is 4.90 Å². The molecule has 0 aliphatic carbocycles. The van der Waals surface area contributed by atoms with Crippen LogP contribution in [0.15, 0.2) is 60.7 Å². The molecule has 6 nitrogen and oxygen atoms in total. The molecule has 3 aromatic rings. The monoisotopic (exact) mass is 475 g/mol. The molecule has 0 radical (unpaired) electrons. The largest absolute Gasteiger partial charge is 0.466 e. The molecular formula is C27H26ClN3O3. The number of fused-ring (bicyclic) bond motifs is 4. The number of ether oxygens (including phenoxy) is 1. The minimum Gasteiger partial charge on any atom is -0.466 e. The molecule has 3 atom stereocenters. The highest BCUT2D eigenvalue weighted by atomic mass is 35.5. The number of nitrogens with one attached hydrogen (secondary N) is 2. The second-order valence-corrected chi connectivity index (χ2v) is 9.58. The zero-order valence-electron chi connectivity index (χ0n) is 19.5. The number of nitrogens with zero attached hydrogens (tertiary/aromatic N) is 1. The molecule has 7 heteroatoms. The lowest BCUT2D eigenvalue weighted by molar-refractivity contribution is -0.131. The van der Waals surface area contributed by atoms with Gasteiger partial charge in [0, 0.05) is 16.3 Å². The number of hydrogen-bond donors (Lipinski definition) is 2. The summed E-state index contributed by atoms with van der Waals surface area (Å²) < 4.78 is 6.48. The van der Waals surface area contributed by atoms with E-state index in [1.54, 1.807) is 13.0 Å². The maximum atomic E-state index is 13.8. The molecule has 174 valence electrons. The highest BCUT2D eigenvalue weighted by molar-refractivity contribution is 6.31. The second kappa shape index (κ2) is 8.06. The van der Waals surface area contributed by atoms with Crippen LogP contribution >= 0.6 is 11.6 Å². The maximum absolute atomic E-state index is 13.8. The number of halogens is 1. The van der Waals surface area contributed by atoms with Crippen molar-refractivity contribution >= 4 is 34.9 Å². The van der Waals surface area contributed by atoms with Crippen molar-refractivity contribution in [3.8, 4) is 5.75 Å². The third kappa shape index (κ3) is 3.49. The minimum absolute atomic E-state index is 0.239. The van der Waals surface area contributed by atoms with Crippen LogP contribution in [0, 0.1) is 26.7 Å². The van der Waals surface area contributed by atoms with Gasteiger partial charge >= 0.3 is 6.03 Å². The fourth-order valence-electron chi connectivity index (χ4n) is 5.00. The number of para-hydroxylation sites is 1. The van der Waals surface area contributed by atoms with E-state index in [2.05, 4.69) is 10.6 Å². The molecular weight excluding hydrogens is 450 g/mol. The van der Waals surface area contributed by atoms with Crippen molar-refractivity contribution in [2.45, 2.75) is 39.5 Å². The zero-order chi connectivity index (χ0) is 24.2. The quantitative estimate of drug-likeness (QED) is 0.495. The third-order valence-electron chi connectivity index (χ3n) is 6.74. The van der Waals surface area contributed by atoms with Crippen LogP contribution in [0.5, 0.6) is 5.75 Å². The van der Waals surface area contributed by atoms with Crippen LogP contribution in [-0.2, 0) is 4.79 Å². The van der Waals surface area contributed by atoms with Crippen molar-refractivity contribution in [1.29, 1.82) is 0 Å². The first-order chi connectivity index (χ1) is 16.2. The van der Waals surface area contributed by atoms with Crippen LogP contribution in [0.2, 0.25) is 5.02 Å². The van der Waals surface area contributed by atoms with Gasteiger partial charge in [-0.05, 0) is 63.1 Å². The Labute approximate surface area is 203 Å². The Balaban J connectivity index is 1.62. The lowest BCUT2D eigenvalue weighted by Crippen LogP contribution is -2.72. The van der Waals surface area contributed by atoms with Crippen LogP contribution in [0.3, 0.4) is 0 Å². The predicted octanol–water partition coefficient (Wildman–Crippen LogP) is 5.90. The van der Waals surface area contributed by atoms with Crippen molar-refractivity contribution in [1.82, 2.24) is 5.32 Å². The molecule has 2 N–H and O–H groups in total. The third-order valence-corrected chi connectivity index (χ3v) is 7.15. The molecule has 3 aromatic carbocycles. The van der Waals surface area contributed by atoms with Gasteiger partial charge in [0.25, 0.3) is 0 Å². The topological polar surface area (TPSA) is 70.7 Å². The zero-order valence-corrected chi connectivity index (χ0v) is 20.2.